The monoisotopic (exact) mass is 307 g/mol. The van der Waals surface area contributed by atoms with Gasteiger partial charge in [-0.25, -0.2) is 5.57 Å². The van der Waals surface area contributed by atoms with Crippen LogP contribution in [0, 0.1) is 11.5 Å². The topological polar surface area (TPSA) is 0 Å². The Bertz CT molecular complexity index is 269. The zero-order chi connectivity index (χ0) is 10.1. The molecule has 0 spiro atoms. The molecule has 0 saturated carbocycles. The summed E-state index contributed by atoms with van der Waals surface area (Å²) in [6.07, 6.45) is 7.45. The molecule has 0 aliphatic heterocycles. The molecule has 1 aliphatic rings. The molecule has 1 atom stereocenters. The van der Waals surface area contributed by atoms with Gasteiger partial charge in [0.25, 0.3) is 0 Å². The summed E-state index contributed by atoms with van der Waals surface area (Å²) < 4.78 is 0. The van der Waals surface area contributed by atoms with Crippen molar-refractivity contribution in [1.82, 2.24) is 0 Å². The Labute approximate surface area is 117 Å². The molecular formula is C13H23F2Zr-. The van der Waals surface area contributed by atoms with E-state index in [1.165, 1.54) is 36.0 Å². The number of hydrogen-bond acceptors (Lipinski definition) is 0. The van der Waals surface area contributed by atoms with Crippen molar-refractivity contribution in [1.29, 1.82) is 0 Å². The van der Waals surface area contributed by atoms with Crippen LogP contribution in [0.3, 0.4) is 0 Å². The fraction of sp³-hybridized carbons (Fsp3) is 0.692. The molecule has 16 heavy (non-hydrogen) atoms. The van der Waals surface area contributed by atoms with Crippen LogP contribution >= 0.6 is 0 Å². The molecule has 0 radical (unpaired) electrons. The van der Waals surface area contributed by atoms with Crippen LogP contribution < -0.4 is 0 Å². The Balaban J connectivity index is -0.000000563. The SMILES string of the molecule is CCCCC1(C)[C-]=C(C)C(C)=C1C.F.F.[Zr]. The first-order valence-corrected chi connectivity index (χ1v) is 5.31. The first-order valence-electron chi connectivity index (χ1n) is 5.31. The summed E-state index contributed by atoms with van der Waals surface area (Å²) in [6.45, 7) is 11.2. The molecule has 0 aromatic heterocycles. The van der Waals surface area contributed by atoms with E-state index in [1.807, 2.05) is 0 Å². The molecule has 0 nitrogen and oxygen atoms in total. The van der Waals surface area contributed by atoms with Crippen LogP contribution in [0.4, 0.5) is 9.41 Å². The Morgan fingerprint density at radius 2 is 1.62 bits per heavy atom. The summed E-state index contributed by atoms with van der Waals surface area (Å²) in [7, 11) is 0. The van der Waals surface area contributed by atoms with E-state index in [4.69, 9.17) is 0 Å². The van der Waals surface area contributed by atoms with Gasteiger partial charge in [0.1, 0.15) is 0 Å². The van der Waals surface area contributed by atoms with Crippen molar-refractivity contribution < 1.29 is 35.6 Å². The van der Waals surface area contributed by atoms with Crippen LogP contribution in [0.25, 0.3) is 0 Å². The van der Waals surface area contributed by atoms with E-state index in [2.05, 4.69) is 40.7 Å². The van der Waals surface area contributed by atoms with Crippen LogP contribution in [-0.4, -0.2) is 0 Å². The summed E-state index contributed by atoms with van der Waals surface area (Å²) in [5, 5.41) is 0. The van der Waals surface area contributed by atoms with Crippen molar-refractivity contribution in [2.75, 3.05) is 0 Å². The fourth-order valence-corrected chi connectivity index (χ4v) is 2.08. The number of hydrogen-bond donors (Lipinski definition) is 0. The molecule has 0 aromatic rings. The van der Waals surface area contributed by atoms with Crippen molar-refractivity contribution in [3.63, 3.8) is 0 Å². The minimum absolute atomic E-state index is 0. The van der Waals surface area contributed by atoms with Crippen LogP contribution in [0.5, 0.6) is 0 Å². The summed E-state index contributed by atoms with van der Waals surface area (Å²) >= 11 is 0. The summed E-state index contributed by atoms with van der Waals surface area (Å²) in [4.78, 5) is 0. The molecule has 0 saturated heterocycles. The van der Waals surface area contributed by atoms with E-state index < -0.39 is 0 Å². The quantitative estimate of drug-likeness (QED) is 0.669. The number of halogens is 2. The Hall–Kier alpha value is 0.223. The van der Waals surface area contributed by atoms with Gasteiger partial charge in [0.05, 0.1) is 0 Å². The zero-order valence-corrected chi connectivity index (χ0v) is 13.4. The Kier molecular flexibility index (Phi) is 11.2. The Morgan fingerprint density at radius 3 is 1.94 bits per heavy atom. The van der Waals surface area contributed by atoms with Gasteiger partial charge >= 0.3 is 0 Å². The largest absolute Gasteiger partial charge is 0.269 e. The third-order valence-corrected chi connectivity index (χ3v) is 3.45. The summed E-state index contributed by atoms with van der Waals surface area (Å²) in [6, 6.07) is 0. The number of allylic oxidation sites excluding steroid dienone is 4. The maximum atomic E-state index is 3.61. The van der Waals surface area contributed by atoms with Gasteiger partial charge in [-0.05, 0) is 0 Å². The molecule has 1 aliphatic carbocycles. The first kappa shape index (κ1) is 21.5. The van der Waals surface area contributed by atoms with E-state index >= 15 is 0 Å². The van der Waals surface area contributed by atoms with Gasteiger partial charge in [0, 0.05) is 26.2 Å². The predicted octanol–water partition coefficient (Wildman–Crippen LogP) is 4.58. The third kappa shape index (κ3) is 4.24. The summed E-state index contributed by atoms with van der Waals surface area (Å²) in [5.74, 6) is 0. The minimum atomic E-state index is 0. The van der Waals surface area contributed by atoms with Gasteiger partial charge < -0.3 is 0 Å². The molecule has 94 valence electrons. The number of unbranched alkanes of at least 4 members (excludes halogenated alkanes) is 1. The molecular weight excluding hydrogens is 285 g/mol. The molecule has 0 amide bonds. The van der Waals surface area contributed by atoms with Crippen molar-refractivity contribution >= 4 is 0 Å². The second-order valence-corrected chi connectivity index (χ2v) is 4.44. The van der Waals surface area contributed by atoms with Crippen molar-refractivity contribution in [2.24, 2.45) is 5.41 Å². The average Bonchev–Trinajstić information content (AvgIpc) is 2.28. The minimum Gasteiger partial charge on any atom is -0.269 e. The fourth-order valence-electron chi connectivity index (χ4n) is 2.08. The standard InChI is InChI=1S/C13H21.2FH.Zr/c1-6-7-8-13(5)9-10(2)11(3)12(13)4;;;/h6-8H2,1-5H3;2*1H;/q-1;;;. The molecule has 1 rings (SSSR count). The van der Waals surface area contributed by atoms with Gasteiger partial charge in [-0.3, -0.25) is 15.5 Å². The molecule has 0 bridgehead atoms. The second kappa shape index (κ2) is 8.33. The zero-order valence-electron chi connectivity index (χ0n) is 10.9. The van der Waals surface area contributed by atoms with Crippen LogP contribution in [0.15, 0.2) is 16.7 Å². The van der Waals surface area contributed by atoms with Crippen LogP contribution in [0.2, 0.25) is 0 Å². The molecule has 1 unspecified atom stereocenters. The summed E-state index contributed by atoms with van der Waals surface area (Å²) in [5.41, 5.74) is 4.58. The maximum absolute atomic E-state index is 3.61. The molecule has 3 heteroatoms. The maximum Gasteiger partial charge on any atom is 0 e. The van der Waals surface area contributed by atoms with Crippen molar-refractivity contribution in [3.05, 3.63) is 22.8 Å². The Morgan fingerprint density at radius 1 is 1.12 bits per heavy atom. The first-order chi connectivity index (χ1) is 6.01. The van der Waals surface area contributed by atoms with Crippen LogP contribution in [0.1, 0.15) is 53.9 Å². The van der Waals surface area contributed by atoms with E-state index in [9.17, 15) is 0 Å². The third-order valence-electron chi connectivity index (χ3n) is 3.45. The van der Waals surface area contributed by atoms with Crippen molar-refractivity contribution in [3.8, 4) is 0 Å². The van der Waals surface area contributed by atoms with Crippen LogP contribution in [-0.2, 0) is 26.2 Å². The predicted molar refractivity (Wildman–Crippen MR) is 63.4 cm³/mol. The smallest absolute Gasteiger partial charge is 0 e. The van der Waals surface area contributed by atoms with Gasteiger partial charge in [-0.15, -0.1) is 6.92 Å². The van der Waals surface area contributed by atoms with E-state index in [0.29, 0.717) is 0 Å². The van der Waals surface area contributed by atoms with Gasteiger partial charge in [-0.2, -0.15) is 11.1 Å². The molecule has 0 heterocycles. The molecule has 0 aromatic carbocycles. The van der Waals surface area contributed by atoms with Gasteiger partial charge in [-0.1, -0.05) is 52.4 Å². The van der Waals surface area contributed by atoms with E-state index in [-0.39, 0.29) is 41.0 Å². The second-order valence-electron chi connectivity index (χ2n) is 4.44. The average molecular weight is 309 g/mol. The van der Waals surface area contributed by atoms with Gasteiger partial charge in [0.15, 0.2) is 0 Å². The van der Waals surface area contributed by atoms with Gasteiger partial charge in [0.2, 0.25) is 0 Å². The normalized spacial score (nSPS) is 22.9. The number of rotatable bonds is 3. The van der Waals surface area contributed by atoms with Crippen molar-refractivity contribution in [2.45, 2.75) is 53.9 Å². The molecule has 0 N–H and O–H groups in total. The van der Waals surface area contributed by atoms with E-state index in [0.717, 1.165) is 0 Å². The van der Waals surface area contributed by atoms with E-state index in [1.54, 1.807) is 0 Å². The molecule has 0 fully saturated rings.